The smallest absolute Gasteiger partial charge is 0.268 e. The molecule has 3 heterocycles. The highest BCUT2D eigenvalue weighted by atomic mass is 32.1. The summed E-state index contributed by atoms with van der Waals surface area (Å²) in [6.07, 6.45) is 5.33. The minimum absolute atomic E-state index is 0.0824. The summed E-state index contributed by atoms with van der Waals surface area (Å²) in [7, 11) is 1.60. The molecule has 3 amide bonds. The summed E-state index contributed by atoms with van der Waals surface area (Å²) in [5.41, 5.74) is 0.348. The molecule has 3 unspecified atom stereocenters. The van der Waals surface area contributed by atoms with Crippen LogP contribution in [-0.2, 0) is 20.9 Å². The number of imide groups is 1. The number of thiophene rings is 1. The number of allylic oxidation sites excluding steroid dienone is 2. The van der Waals surface area contributed by atoms with Gasteiger partial charge in [0.15, 0.2) is 0 Å². The standard InChI is InChI=1S/C22H26N4O4S/c1-12(2)10-16(26-20(28)13-6-4-5-7-14(13)21(26)29)22(30)25(3)11-17-23-15-8-9-31-18(15)19(27)24-17/h4-5,8-9,12-14,16H,6-7,10-11H2,1-3H3,(H,23,24,27). The second-order valence-electron chi connectivity index (χ2n) is 8.69. The van der Waals surface area contributed by atoms with E-state index in [-0.39, 0.29) is 47.6 Å². The highest BCUT2D eigenvalue weighted by Crippen LogP contribution is 2.37. The van der Waals surface area contributed by atoms with E-state index in [1.54, 1.807) is 18.5 Å². The molecule has 1 saturated heterocycles. The van der Waals surface area contributed by atoms with Crippen molar-refractivity contribution in [2.24, 2.45) is 17.8 Å². The number of carbonyl (C=O) groups excluding carboxylic acids is 3. The topological polar surface area (TPSA) is 103 Å². The van der Waals surface area contributed by atoms with E-state index in [1.165, 1.54) is 21.1 Å². The third-order valence-electron chi connectivity index (χ3n) is 5.96. The summed E-state index contributed by atoms with van der Waals surface area (Å²) in [5, 5.41) is 1.79. The third-order valence-corrected chi connectivity index (χ3v) is 6.86. The molecule has 0 saturated carbocycles. The number of hydrogen-bond acceptors (Lipinski definition) is 6. The number of nitrogens with zero attached hydrogens (tertiary/aromatic N) is 3. The van der Waals surface area contributed by atoms with Crippen LogP contribution < -0.4 is 5.56 Å². The Morgan fingerprint density at radius 3 is 2.48 bits per heavy atom. The van der Waals surface area contributed by atoms with Gasteiger partial charge in [0.1, 0.15) is 16.6 Å². The Hall–Kier alpha value is -2.81. The van der Waals surface area contributed by atoms with Crippen LogP contribution in [0.1, 0.15) is 38.9 Å². The van der Waals surface area contributed by atoms with Crippen molar-refractivity contribution >= 4 is 39.3 Å². The summed E-state index contributed by atoms with van der Waals surface area (Å²) in [6, 6.07) is 0.909. The van der Waals surface area contributed by atoms with E-state index in [4.69, 9.17) is 0 Å². The average Bonchev–Trinajstić information content (AvgIpc) is 3.30. The molecule has 0 spiro atoms. The van der Waals surface area contributed by atoms with Crippen LogP contribution in [0.15, 0.2) is 28.4 Å². The fourth-order valence-electron chi connectivity index (χ4n) is 4.45. The van der Waals surface area contributed by atoms with Gasteiger partial charge in [-0.05, 0) is 36.6 Å². The molecule has 164 valence electrons. The molecule has 3 atom stereocenters. The van der Waals surface area contributed by atoms with Crippen LogP contribution in [-0.4, -0.2) is 50.6 Å². The molecule has 2 aromatic heterocycles. The minimum atomic E-state index is -0.854. The quantitative estimate of drug-likeness (QED) is 0.546. The van der Waals surface area contributed by atoms with Gasteiger partial charge in [0, 0.05) is 7.05 Å². The lowest BCUT2D eigenvalue weighted by Crippen LogP contribution is -2.51. The number of hydrogen-bond donors (Lipinski definition) is 1. The van der Waals surface area contributed by atoms with Gasteiger partial charge in [0.05, 0.1) is 23.9 Å². The number of fused-ring (bicyclic) bond motifs is 2. The van der Waals surface area contributed by atoms with E-state index in [0.29, 0.717) is 35.3 Å². The van der Waals surface area contributed by atoms with Crippen LogP contribution in [0.2, 0.25) is 0 Å². The highest BCUT2D eigenvalue weighted by molar-refractivity contribution is 7.17. The second kappa shape index (κ2) is 8.37. The van der Waals surface area contributed by atoms with Crippen molar-refractivity contribution in [2.45, 2.75) is 45.7 Å². The predicted molar refractivity (Wildman–Crippen MR) is 117 cm³/mol. The Morgan fingerprint density at radius 2 is 1.87 bits per heavy atom. The SMILES string of the molecule is CC(C)CC(C(=O)N(C)Cc1nc2ccsc2c(=O)[nH]1)N1C(=O)C2CC=CCC2C1=O. The Bertz CT molecular complexity index is 1090. The molecule has 1 aliphatic heterocycles. The van der Waals surface area contributed by atoms with Crippen molar-refractivity contribution in [1.29, 1.82) is 0 Å². The van der Waals surface area contributed by atoms with Gasteiger partial charge in [-0.25, -0.2) is 4.98 Å². The second-order valence-corrected chi connectivity index (χ2v) is 9.61. The first-order chi connectivity index (χ1) is 14.8. The van der Waals surface area contributed by atoms with Gasteiger partial charge >= 0.3 is 0 Å². The first kappa shape index (κ1) is 21.4. The number of rotatable bonds is 6. The zero-order chi connectivity index (χ0) is 22.3. The maximum absolute atomic E-state index is 13.4. The number of likely N-dealkylation sites (N-methyl/N-ethyl adjacent to an activating group) is 1. The van der Waals surface area contributed by atoms with Gasteiger partial charge in [-0.3, -0.25) is 24.1 Å². The summed E-state index contributed by atoms with van der Waals surface area (Å²) < 4.78 is 0.542. The summed E-state index contributed by atoms with van der Waals surface area (Å²) in [4.78, 5) is 61.6. The van der Waals surface area contributed by atoms with Gasteiger partial charge < -0.3 is 9.88 Å². The average molecular weight is 443 g/mol. The molecule has 1 N–H and O–H groups in total. The van der Waals surface area contributed by atoms with Crippen LogP contribution in [0.25, 0.3) is 10.2 Å². The van der Waals surface area contributed by atoms with Gasteiger partial charge in [0.25, 0.3) is 5.56 Å². The molecule has 31 heavy (non-hydrogen) atoms. The zero-order valence-corrected chi connectivity index (χ0v) is 18.6. The Labute approximate surface area is 183 Å². The lowest BCUT2D eigenvalue weighted by Gasteiger charge is -2.30. The largest absolute Gasteiger partial charge is 0.336 e. The molecule has 0 bridgehead atoms. The summed E-state index contributed by atoms with van der Waals surface area (Å²) in [5.74, 6) is -1.09. The number of amides is 3. The van der Waals surface area contributed by atoms with E-state index in [1.807, 2.05) is 26.0 Å². The van der Waals surface area contributed by atoms with E-state index in [9.17, 15) is 19.2 Å². The fourth-order valence-corrected chi connectivity index (χ4v) is 5.18. The Morgan fingerprint density at radius 1 is 1.23 bits per heavy atom. The predicted octanol–water partition coefficient (Wildman–Crippen LogP) is 2.31. The van der Waals surface area contributed by atoms with Crippen LogP contribution in [0.4, 0.5) is 0 Å². The van der Waals surface area contributed by atoms with Gasteiger partial charge in [0.2, 0.25) is 17.7 Å². The van der Waals surface area contributed by atoms with Gasteiger partial charge in [-0.2, -0.15) is 0 Å². The zero-order valence-electron chi connectivity index (χ0n) is 17.8. The number of aromatic nitrogens is 2. The molecule has 1 aliphatic carbocycles. The molecule has 0 aromatic carbocycles. The Kier molecular flexibility index (Phi) is 5.79. The third kappa shape index (κ3) is 3.94. The van der Waals surface area contributed by atoms with E-state index >= 15 is 0 Å². The van der Waals surface area contributed by atoms with Crippen molar-refractivity contribution in [2.75, 3.05) is 7.05 Å². The van der Waals surface area contributed by atoms with Crippen LogP contribution in [0, 0.1) is 17.8 Å². The number of aromatic amines is 1. The minimum Gasteiger partial charge on any atom is -0.336 e. The first-order valence-corrected chi connectivity index (χ1v) is 11.4. The number of carbonyl (C=O) groups is 3. The van der Waals surface area contributed by atoms with Crippen LogP contribution >= 0.6 is 11.3 Å². The molecular weight excluding hydrogens is 416 g/mol. The van der Waals surface area contributed by atoms with Crippen molar-refractivity contribution in [3.63, 3.8) is 0 Å². The molecule has 0 radical (unpaired) electrons. The normalized spacial score (nSPS) is 21.7. The lowest BCUT2D eigenvalue weighted by atomic mass is 9.85. The van der Waals surface area contributed by atoms with Crippen molar-refractivity contribution in [3.05, 3.63) is 39.8 Å². The monoisotopic (exact) mass is 442 g/mol. The molecule has 2 aromatic rings. The number of H-pyrrole nitrogens is 1. The molecule has 8 nitrogen and oxygen atoms in total. The van der Waals surface area contributed by atoms with Crippen molar-refractivity contribution < 1.29 is 14.4 Å². The molecule has 2 aliphatic rings. The van der Waals surface area contributed by atoms with Crippen LogP contribution in [0.3, 0.4) is 0 Å². The Balaban J connectivity index is 1.58. The summed E-state index contributed by atoms with van der Waals surface area (Å²) in [6.45, 7) is 4.01. The molecule has 9 heteroatoms. The van der Waals surface area contributed by atoms with Gasteiger partial charge in [-0.1, -0.05) is 26.0 Å². The molecular formula is C22H26N4O4S. The van der Waals surface area contributed by atoms with Crippen LogP contribution in [0.5, 0.6) is 0 Å². The lowest BCUT2D eigenvalue weighted by molar-refractivity contribution is -0.152. The van der Waals surface area contributed by atoms with E-state index in [0.717, 1.165) is 0 Å². The fraction of sp³-hybridized carbons (Fsp3) is 0.500. The maximum atomic E-state index is 13.4. The number of nitrogens with one attached hydrogen (secondary N) is 1. The van der Waals surface area contributed by atoms with E-state index in [2.05, 4.69) is 9.97 Å². The van der Waals surface area contributed by atoms with Crippen molar-refractivity contribution in [3.8, 4) is 0 Å². The maximum Gasteiger partial charge on any atom is 0.268 e. The molecule has 4 rings (SSSR count). The summed E-state index contributed by atoms with van der Waals surface area (Å²) >= 11 is 1.31. The highest BCUT2D eigenvalue weighted by Gasteiger charge is 2.51. The number of likely N-dealkylation sites (tertiary alicyclic amines) is 1. The van der Waals surface area contributed by atoms with Crippen molar-refractivity contribution in [1.82, 2.24) is 19.8 Å². The first-order valence-electron chi connectivity index (χ1n) is 10.5. The van der Waals surface area contributed by atoms with E-state index < -0.39 is 6.04 Å². The molecule has 1 fully saturated rings. The van der Waals surface area contributed by atoms with Gasteiger partial charge in [-0.15, -0.1) is 11.3 Å².